The quantitative estimate of drug-likeness (QED) is 0.188. The van der Waals surface area contributed by atoms with Crippen LogP contribution >= 0.6 is 24.0 Å². The lowest BCUT2D eigenvalue weighted by atomic mass is 10.1. The van der Waals surface area contributed by atoms with Crippen LogP contribution in [0.15, 0.2) is 29.3 Å². The van der Waals surface area contributed by atoms with E-state index >= 15 is 0 Å². The number of rotatable bonds is 10. The van der Waals surface area contributed by atoms with Gasteiger partial charge in [-0.05, 0) is 43.9 Å². The van der Waals surface area contributed by atoms with Crippen LogP contribution in [0.5, 0.6) is 0 Å². The Kier molecular flexibility index (Phi) is 12.4. The minimum Gasteiger partial charge on any atom is -0.357 e. The van der Waals surface area contributed by atoms with Gasteiger partial charge in [-0.2, -0.15) is 0 Å². The van der Waals surface area contributed by atoms with Crippen molar-refractivity contribution in [1.29, 1.82) is 0 Å². The maximum absolute atomic E-state index is 12.1. The maximum atomic E-state index is 12.1. The third-order valence-corrected chi connectivity index (χ3v) is 5.09. The molecule has 0 bridgehead atoms. The molecule has 7 nitrogen and oxygen atoms in total. The predicted molar refractivity (Wildman–Crippen MR) is 133 cm³/mol. The molecule has 0 aliphatic carbocycles. The number of nitrogens with zero attached hydrogens (tertiary/aromatic N) is 2. The van der Waals surface area contributed by atoms with Crippen LogP contribution in [0.4, 0.5) is 5.69 Å². The van der Waals surface area contributed by atoms with Gasteiger partial charge in [-0.3, -0.25) is 9.59 Å². The zero-order valence-corrected chi connectivity index (χ0v) is 20.7. The van der Waals surface area contributed by atoms with Crippen LogP contribution in [0.2, 0.25) is 0 Å². The van der Waals surface area contributed by atoms with Gasteiger partial charge in [0.25, 0.3) is 0 Å². The van der Waals surface area contributed by atoms with E-state index < -0.39 is 0 Å². The number of halogens is 1. The summed E-state index contributed by atoms with van der Waals surface area (Å²) >= 11 is 0. The van der Waals surface area contributed by atoms with Gasteiger partial charge in [-0.15, -0.1) is 24.0 Å². The lowest BCUT2D eigenvalue weighted by Crippen LogP contribution is -2.39. The molecule has 1 aliphatic heterocycles. The second-order valence-corrected chi connectivity index (χ2v) is 7.46. The second kappa shape index (κ2) is 14.2. The van der Waals surface area contributed by atoms with Crippen molar-refractivity contribution in [3.05, 3.63) is 29.8 Å². The maximum Gasteiger partial charge on any atom is 0.227 e. The summed E-state index contributed by atoms with van der Waals surface area (Å²) < 4.78 is 0. The highest BCUT2D eigenvalue weighted by Crippen LogP contribution is 2.14. The third kappa shape index (κ3) is 8.89. The monoisotopic (exact) mass is 529 g/mol. The summed E-state index contributed by atoms with van der Waals surface area (Å²) in [6.07, 6.45) is 3.38. The Bertz CT molecular complexity index is 711. The van der Waals surface area contributed by atoms with Crippen molar-refractivity contribution in [2.75, 3.05) is 31.5 Å². The molecular formula is C22H36IN5O2. The molecule has 2 rings (SSSR count). The van der Waals surface area contributed by atoms with Gasteiger partial charge in [-0.25, -0.2) is 4.99 Å². The molecule has 0 saturated carbocycles. The van der Waals surface area contributed by atoms with E-state index in [0.717, 1.165) is 62.7 Å². The SMILES string of the molecule is CCNC(=NCc1cccc(NC(=O)C(C)CC)c1)NCCCN1CCCC1=O.I. The van der Waals surface area contributed by atoms with Crippen molar-refractivity contribution in [3.8, 4) is 0 Å². The van der Waals surface area contributed by atoms with Gasteiger partial charge in [0.1, 0.15) is 0 Å². The Balaban J connectivity index is 0.00000450. The van der Waals surface area contributed by atoms with E-state index in [1.807, 2.05) is 49.9 Å². The summed E-state index contributed by atoms with van der Waals surface area (Å²) in [6.45, 7) is 9.71. The number of carbonyl (C=O) groups is 2. The van der Waals surface area contributed by atoms with Gasteiger partial charge in [-0.1, -0.05) is 26.0 Å². The van der Waals surface area contributed by atoms with E-state index in [1.165, 1.54) is 0 Å². The summed E-state index contributed by atoms with van der Waals surface area (Å²) in [7, 11) is 0. The van der Waals surface area contributed by atoms with E-state index in [-0.39, 0.29) is 41.7 Å². The molecule has 168 valence electrons. The summed E-state index contributed by atoms with van der Waals surface area (Å²) in [5.74, 6) is 1.07. The largest absolute Gasteiger partial charge is 0.357 e. The minimum atomic E-state index is -0.00270. The van der Waals surface area contributed by atoms with Gasteiger partial charge in [0.05, 0.1) is 6.54 Å². The fourth-order valence-corrected chi connectivity index (χ4v) is 3.13. The molecule has 2 amide bonds. The highest BCUT2D eigenvalue weighted by atomic mass is 127. The molecule has 1 atom stereocenters. The number of benzene rings is 1. The van der Waals surface area contributed by atoms with Crippen LogP contribution in [0, 0.1) is 5.92 Å². The molecule has 0 aromatic heterocycles. The lowest BCUT2D eigenvalue weighted by molar-refractivity contribution is -0.127. The van der Waals surface area contributed by atoms with E-state index in [4.69, 9.17) is 0 Å². The Morgan fingerprint density at radius 3 is 2.73 bits per heavy atom. The normalized spacial score (nSPS) is 14.8. The Morgan fingerprint density at radius 1 is 1.27 bits per heavy atom. The zero-order chi connectivity index (χ0) is 21.1. The first kappa shape index (κ1) is 26.2. The number of amides is 2. The fourth-order valence-electron chi connectivity index (χ4n) is 3.13. The summed E-state index contributed by atoms with van der Waals surface area (Å²) in [6, 6.07) is 7.80. The molecule has 1 saturated heterocycles. The van der Waals surface area contributed by atoms with Crippen molar-refractivity contribution in [2.45, 2.75) is 53.0 Å². The fraction of sp³-hybridized carbons (Fsp3) is 0.591. The van der Waals surface area contributed by atoms with Gasteiger partial charge in [0.15, 0.2) is 5.96 Å². The summed E-state index contributed by atoms with van der Waals surface area (Å²) in [5, 5.41) is 9.55. The summed E-state index contributed by atoms with van der Waals surface area (Å²) in [5.41, 5.74) is 1.84. The Hall–Kier alpha value is -1.84. The first-order chi connectivity index (χ1) is 14.0. The smallest absolute Gasteiger partial charge is 0.227 e. The third-order valence-electron chi connectivity index (χ3n) is 5.09. The number of anilines is 1. The second-order valence-electron chi connectivity index (χ2n) is 7.46. The van der Waals surface area contributed by atoms with Gasteiger partial charge in [0, 0.05) is 44.2 Å². The molecule has 3 N–H and O–H groups in total. The molecule has 1 aliphatic rings. The lowest BCUT2D eigenvalue weighted by Gasteiger charge is -2.16. The first-order valence-corrected chi connectivity index (χ1v) is 10.7. The standard InChI is InChI=1S/C22H35N5O2.HI/c1-4-17(3)21(29)26-19-10-6-9-18(15-19)16-25-22(23-5-2)24-12-8-14-27-13-7-11-20(27)28;/h6,9-10,15,17H,4-5,7-8,11-14,16H2,1-3H3,(H,26,29)(H2,23,24,25);1H. The molecule has 1 unspecified atom stereocenters. The molecule has 0 radical (unpaired) electrons. The Morgan fingerprint density at radius 2 is 2.07 bits per heavy atom. The number of guanidine groups is 1. The van der Waals surface area contributed by atoms with Gasteiger partial charge >= 0.3 is 0 Å². The molecule has 30 heavy (non-hydrogen) atoms. The van der Waals surface area contributed by atoms with E-state index in [9.17, 15) is 9.59 Å². The van der Waals surface area contributed by atoms with Crippen molar-refractivity contribution in [2.24, 2.45) is 10.9 Å². The van der Waals surface area contributed by atoms with E-state index in [0.29, 0.717) is 13.0 Å². The molecule has 1 heterocycles. The highest BCUT2D eigenvalue weighted by molar-refractivity contribution is 14.0. The van der Waals surface area contributed by atoms with Crippen molar-refractivity contribution in [1.82, 2.24) is 15.5 Å². The van der Waals surface area contributed by atoms with Gasteiger partial charge < -0.3 is 20.9 Å². The zero-order valence-electron chi connectivity index (χ0n) is 18.4. The number of likely N-dealkylation sites (tertiary alicyclic amines) is 1. The van der Waals surface area contributed by atoms with Crippen molar-refractivity contribution >= 4 is 47.4 Å². The molecule has 1 fully saturated rings. The molecule has 1 aromatic carbocycles. The van der Waals surface area contributed by atoms with Crippen molar-refractivity contribution < 1.29 is 9.59 Å². The first-order valence-electron chi connectivity index (χ1n) is 10.7. The number of hydrogen-bond donors (Lipinski definition) is 3. The average molecular weight is 529 g/mol. The average Bonchev–Trinajstić information content (AvgIpc) is 3.13. The minimum absolute atomic E-state index is 0. The van der Waals surface area contributed by atoms with Crippen LogP contribution in [0.3, 0.4) is 0 Å². The highest BCUT2D eigenvalue weighted by Gasteiger charge is 2.18. The van der Waals surface area contributed by atoms with Crippen LogP contribution in [-0.2, 0) is 16.1 Å². The molecule has 1 aromatic rings. The number of hydrogen-bond acceptors (Lipinski definition) is 3. The molecule has 0 spiro atoms. The Labute approximate surface area is 197 Å². The summed E-state index contributed by atoms with van der Waals surface area (Å²) in [4.78, 5) is 30.3. The van der Waals surface area contributed by atoms with Gasteiger partial charge in [0.2, 0.25) is 11.8 Å². The number of aliphatic imine (C=N–C) groups is 1. The van der Waals surface area contributed by atoms with E-state index in [2.05, 4.69) is 20.9 Å². The number of nitrogens with one attached hydrogen (secondary N) is 3. The van der Waals surface area contributed by atoms with Crippen LogP contribution in [0.25, 0.3) is 0 Å². The van der Waals surface area contributed by atoms with Crippen LogP contribution in [-0.4, -0.2) is 48.9 Å². The molecule has 8 heteroatoms. The molecular weight excluding hydrogens is 493 g/mol. The van der Waals surface area contributed by atoms with Crippen LogP contribution < -0.4 is 16.0 Å². The topological polar surface area (TPSA) is 85.8 Å². The van der Waals surface area contributed by atoms with Crippen molar-refractivity contribution in [3.63, 3.8) is 0 Å². The predicted octanol–water partition coefficient (Wildman–Crippen LogP) is 3.36. The van der Waals surface area contributed by atoms with Crippen LogP contribution in [0.1, 0.15) is 52.0 Å². The van der Waals surface area contributed by atoms with E-state index in [1.54, 1.807) is 0 Å². The number of carbonyl (C=O) groups excluding carboxylic acids is 2.